The Balaban J connectivity index is 1.75. The van der Waals surface area contributed by atoms with E-state index in [1.54, 1.807) is 0 Å². The van der Waals surface area contributed by atoms with Crippen LogP contribution in [0, 0.1) is 5.92 Å². The van der Waals surface area contributed by atoms with Crippen LogP contribution in [0.3, 0.4) is 0 Å². The molecule has 1 aromatic carbocycles. The second-order valence-corrected chi connectivity index (χ2v) is 4.93. The van der Waals surface area contributed by atoms with E-state index in [0.717, 1.165) is 5.69 Å². The average Bonchev–Trinajstić information content (AvgIpc) is 3.17. The normalized spacial score (nSPS) is 17.9. The monoisotopic (exact) mass is 286 g/mol. The third-order valence-electron chi connectivity index (χ3n) is 3.52. The first-order chi connectivity index (χ1) is 10.1. The molecule has 0 saturated carbocycles. The number of para-hydroxylation sites is 1. The zero-order valence-corrected chi connectivity index (χ0v) is 11.2. The van der Waals surface area contributed by atoms with E-state index in [-0.39, 0.29) is 18.1 Å². The number of carboxylic acids is 1. The maximum absolute atomic E-state index is 12.3. The first-order valence-electron chi connectivity index (χ1n) is 6.65. The predicted molar refractivity (Wildman–Crippen MR) is 73.0 cm³/mol. The van der Waals surface area contributed by atoms with E-state index < -0.39 is 11.9 Å². The molecule has 0 aliphatic carbocycles. The van der Waals surface area contributed by atoms with Crippen LogP contribution in [0.25, 0.3) is 5.69 Å². The van der Waals surface area contributed by atoms with E-state index in [4.69, 9.17) is 5.11 Å². The molecule has 1 saturated heterocycles. The van der Waals surface area contributed by atoms with Crippen molar-refractivity contribution in [1.82, 2.24) is 19.9 Å². The molecule has 1 aliphatic heterocycles. The molecule has 1 aliphatic rings. The van der Waals surface area contributed by atoms with Gasteiger partial charge in [0.1, 0.15) is 0 Å². The van der Waals surface area contributed by atoms with Crippen molar-refractivity contribution in [3.05, 3.63) is 42.2 Å². The minimum absolute atomic E-state index is 0.227. The number of hydrogen-bond acceptors (Lipinski definition) is 4. The Morgan fingerprint density at radius 3 is 2.67 bits per heavy atom. The highest BCUT2D eigenvalue weighted by Gasteiger charge is 2.32. The van der Waals surface area contributed by atoms with Gasteiger partial charge in [-0.1, -0.05) is 18.2 Å². The number of benzene rings is 1. The summed E-state index contributed by atoms with van der Waals surface area (Å²) in [6, 6.07) is 9.28. The van der Waals surface area contributed by atoms with Gasteiger partial charge in [-0.2, -0.15) is 9.90 Å². The summed E-state index contributed by atoms with van der Waals surface area (Å²) < 4.78 is 0. The van der Waals surface area contributed by atoms with Crippen LogP contribution in [0.4, 0.5) is 0 Å². The second kappa shape index (κ2) is 5.35. The predicted octanol–water partition coefficient (Wildman–Crippen LogP) is 0.814. The van der Waals surface area contributed by atoms with Crippen molar-refractivity contribution in [2.45, 2.75) is 6.42 Å². The van der Waals surface area contributed by atoms with Crippen LogP contribution < -0.4 is 0 Å². The van der Waals surface area contributed by atoms with Gasteiger partial charge in [0, 0.05) is 13.1 Å². The molecular formula is C14H14N4O3. The van der Waals surface area contributed by atoms with Crippen LogP contribution in [-0.2, 0) is 4.79 Å². The van der Waals surface area contributed by atoms with E-state index in [2.05, 4.69) is 10.2 Å². The molecule has 1 N–H and O–H groups in total. The van der Waals surface area contributed by atoms with Gasteiger partial charge in [-0.05, 0) is 18.6 Å². The first kappa shape index (κ1) is 13.3. The molecule has 0 radical (unpaired) electrons. The van der Waals surface area contributed by atoms with Crippen LogP contribution in [0.5, 0.6) is 0 Å². The number of carbonyl (C=O) groups excluding carboxylic acids is 1. The van der Waals surface area contributed by atoms with Gasteiger partial charge in [0.2, 0.25) is 0 Å². The average molecular weight is 286 g/mol. The largest absolute Gasteiger partial charge is 0.481 e. The summed E-state index contributed by atoms with van der Waals surface area (Å²) in [6.07, 6.45) is 1.89. The molecule has 2 heterocycles. The lowest BCUT2D eigenvalue weighted by atomic mass is 10.1. The molecule has 0 spiro atoms. The molecule has 7 nitrogen and oxygen atoms in total. The molecule has 1 fully saturated rings. The number of carbonyl (C=O) groups is 2. The number of likely N-dealkylation sites (tertiary alicyclic amines) is 1. The molecular weight excluding hydrogens is 272 g/mol. The van der Waals surface area contributed by atoms with Crippen LogP contribution in [-0.4, -0.2) is 50.0 Å². The van der Waals surface area contributed by atoms with Crippen LogP contribution >= 0.6 is 0 Å². The van der Waals surface area contributed by atoms with E-state index in [9.17, 15) is 9.59 Å². The van der Waals surface area contributed by atoms with Gasteiger partial charge in [-0.25, -0.2) is 0 Å². The lowest BCUT2D eigenvalue weighted by molar-refractivity contribution is -0.141. The fraction of sp³-hybridized carbons (Fsp3) is 0.286. The second-order valence-electron chi connectivity index (χ2n) is 4.93. The highest BCUT2D eigenvalue weighted by Crippen LogP contribution is 2.18. The number of rotatable bonds is 3. The number of hydrogen-bond donors (Lipinski definition) is 1. The van der Waals surface area contributed by atoms with Crippen LogP contribution in [0.1, 0.15) is 16.9 Å². The van der Waals surface area contributed by atoms with Gasteiger partial charge in [-0.3, -0.25) is 9.59 Å². The molecule has 0 unspecified atom stereocenters. The van der Waals surface area contributed by atoms with Crippen molar-refractivity contribution >= 4 is 11.9 Å². The van der Waals surface area contributed by atoms with Crippen molar-refractivity contribution in [2.24, 2.45) is 5.92 Å². The summed E-state index contributed by atoms with van der Waals surface area (Å²) in [5.74, 6) is -1.63. The SMILES string of the molecule is O=C(O)[C@@H]1CCN(C(=O)c2cnn(-c3ccccc3)n2)C1. The Kier molecular flexibility index (Phi) is 3.39. The Bertz CT molecular complexity index is 668. The fourth-order valence-corrected chi connectivity index (χ4v) is 2.36. The summed E-state index contributed by atoms with van der Waals surface area (Å²) in [6.45, 7) is 0.667. The topological polar surface area (TPSA) is 88.3 Å². The summed E-state index contributed by atoms with van der Waals surface area (Å²) in [5.41, 5.74) is 0.992. The Morgan fingerprint density at radius 1 is 1.24 bits per heavy atom. The van der Waals surface area contributed by atoms with Gasteiger partial charge in [0.15, 0.2) is 5.69 Å². The van der Waals surface area contributed by atoms with Crippen molar-refractivity contribution in [3.8, 4) is 5.69 Å². The molecule has 1 atom stereocenters. The van der Waals surface area contributed by atoms with Crippen LogP contribution in [0.15, 0.2) is 36.5 Å². The lowest BCUT2D eigenvalue weighted by Crippen LogP contribution is -2.30. The molecule has 7 heteroatoms. The third-order valence-corrected chi connectivity index (χ3v) is 3.52. The van der Waals surface area contributed by atoms with Gasteiger partial charge in [-0.15, -0.1) is 5.10 Å². The highest BCUT2D eigenvalue weighted by molar-refractivity contribution is 5.92. The van der Waals surface area contributed by atoms with E-state index >= 15 is 0 Å². The van der Waals surface area contributed by atoms with Crippen molar-refractivity contribution < 1.29 is 14.7 Å². The number of aliphatic carboxylic acids is 1. The maximum Gasteiger partial charge on any atom is 0.308 e. The highest BCUT2D eigenvalue weighted by atomic mass is 16.4. The summed E-state index contributed by atoms with van der Waals surface area (Å²) >= 11 is 0. The minimum atomic E-state index is -0.863. The van der Waals surface area contributed by atoms with Gasteiger partial charge in [0.05, 0.1) is 17.8 Å². The maximum atomic E-state index is 12.3. The number of nitrogens with zero attached hydrogens (tertiary/aromatic N) is 4. The molecule has 21 heavy (non-hydrogen) atoms. The molecule has 1 amide bonds. The Hall–Kier alpha value is -2.70. The lowest BCUT2D eigenvalue weighted by Gasteiger charge is -2.13. The number of carboxylic acid groups (broad SMARTS) is 1. The van der Waals surface area contributed by atoms with Gasteiger partial charge >= 0.3 is 5.97 Å². The smallest absolute Gasteiger partial charge is 0.308 e. The van der Waals surface area contributed by atoms with Crippen molar-refractivity contribution in [2.75, 3.05) is 13.1 Å². The molecule has 2 aromatic rings. The molecule has 1 aromatic heterocycles. The van der Waals surface area contributed by atoms with Crippen LogP contribution in [0.2, 0.25) is 0 Å². The molecule has 108 valence electrons. The number of amides is 1. The quantitative estimate of drug-likeness (QED) is 0.902. The fourth-order valence-electron chi connectivity index (χ4n) is 2.36. The summed E-state index contributed by atoms with van der Waals surface area (Å²) in [4.78, 5) is 26.1. The molecule has 3 rings (SSSR count). The zero-order valence-electron chi connectivity index (χ0n) is 11.2. The van der Waals surface area contributed by atoms with E-state index in [0.29, 0.717) is 13.0 Å². The Labute approximate surface area is 120 Å². The van der Waals surface area contributed by atoms with E-state index in [1.165, 1.54) is 15.9 Å². The van der Waals surface area contributed by atoms with E-state index in [1.807, 2.05) is 30.3 Å². The number of aromatic nitrogens is 3. The summed E-state index contributed by atoms with van der Waals surface area (Å²) in [5, 5.41) is 17.2. The molecule has 0 bridgehead atoms. The van der Waals surface area contributed by atoms with Gasteiger partial charge < -0.3 is 10.0 Å². The zero-order chi connectivity index (χ0) is 14.8. The third kappa shape index (κ3) is 2.62. The van der Waals surface area contributed by atoms with Crippen molar-refractivity contribution in [1.29, 1.82) is 0 Å². The standard InChI is InChI=1S/C14H14N4O3/c19-13(17-7-6-10(9-17)14(20)21)12-8-15-18(16-12)11-4-2-1-3-5-11/h1-5,8,10H,6-7,9H2,(H,20,21)/t10-/m1/s1. The summed E-state index contributed by atoms with van der Waals surface area (Å²) in [7, 11) is 0. The minimum Gasteiger partial charge on any atom is -0.481 e. The first-order valence-corrected chi connectivity index (χ1v) is 6.65. The van der Waals surface area contributed by atoms with Crippen molar-refractivity contribution in [3.63, 3.8) is 0 Å². The van der Waals surface area contributed by atoms with Gasteiger partial charge in [0.25, 0.3) is 5.91 Å². The Morgan fingerprint density at radius 2 is 2.00 bits per heavy atom.